The lowest BCUT2D eigenvalue weighted by Crippen LogP contribution is -2.26. The molecule has 0 radical (unpaired) electrons. The van der Waals surface area contributed by atoms with Crippen molar-refractivity contribution in [2.45, 2.75) is 72.3 Å². The highest BCUT2D eigenvalue weighted by Crippen LogP contribution is 2.38. The maximum absolute atomic E-state index is 13.2. The molecule has 0 N–H and O–H groups in total. The van der Waals surface area contributed by atoms with Crippen LogP contribution in [0.4, 0.5) is 0 Å². The predicted octanol–water partition coefficient (Wildman–Crippen LogP) is 4.76. The molecule has 2 aromatic rings. The third kappa shape index (κ3) is 5.58. The Morgan fingerprint density at radius 2 is 2.00 bits per heavy atom. The Balaban J connectivity index is 1.79. The highest BCUT2D eigenvalue weighted by Gasteiger charge is 2.31. The van der Waals surface area contributed by atoms with Gasteiger partial charge in [-0.15, -0.1) is 0 Å². The van der Waals surface area contributed by atoms with E-state index in [-0.39, 0.29) is 24.1 Å². The quantitative estimate of drug-likeness (QED) is 0.448. The van der Waals surface area contributed by atoms with Gasteiger partial charge >= 0.3 is 5.97 Å². The summed E-state index contributed by atoms with van der Waals surface area (Å²) in [4.78, 5) is 30.2. The summed E-state index contributed by atoms with van der Waals surface area (Å²) in [5.74, 6) is 1.07. The minimum atomic E-state index is -0.515. The minimum Gasteiger partial charge on any atom is -0.490 e. The minimum absolute atomic E-state index is 0.00938. The first-order chi connectivity index (χ1) is 13.7. The molecular formula is C23H32N2O4. The predicted molar refractivity (Wildman–Crippen MR) is 111 cm³/mol. The second-order valence-corrected chi connectivity index (χ2v) is 9.01. The van der Waals surface area contributed by atoms with Gasteiger partial charge in [-0.3, -0.25) is 14.0 Å². The van der Waals surface area contributed by atoms with Crippen molar-refractivity contribution >= 4 is 17.4 Å². The van der Waals surface area contributed by atoms with Crippen LogP contribution in [0, 0.1) is 18.8 Å². The number of hydrogen-bond donors (Lipinski definition) is 0. The average molecular weight is 401 g/mol. The van der Waals surface area contributed by atoms with Crippen molar-refractivity contribution in [2.24, 2.45) is 11.8 Å². The van der Waals surface area contributed by atoms with Crippen LogP contribution >= 0.6 is 0 Å². The summed E-state index contributed by atoms with van der Waals surface area (Å²) in [6, 6.07) is 3.72. The molecule has 6 heteroatoms. The Morgan fingerprint density at radius 3 is 2.62 bits per heavy atom. The Kier molecular flexibility index (Phi) is 6.30. The largest absolute Gasteiger partial charge is 0.490 e. The lowest BCUT2D eigenvalue weighted by atomic mass is 9.91. The number of ether oxygens (including phenoxy) is 2. The molecule has 0 aromatic carbocycles. The molecule has 0 unspecified atom stereocenters. The Morgan fingerprint density at radius 1 is 1.28 bits per heavy atom. The van der Waals surface area contributed by atoms with Crippen LogP contribution in [0.2, 0.25) is 0 Å². The first kappa shape index (κ1) is 21.3. The lowest BCUT2D eigenvalue weighted by Gasteiger charge is -2.22. The van der Waals surface area contributed by atoms with Crippen molar-refractivity contribution in [1.29, 1.82) is 0 Å². The first-order valence-electron chi connectivity index (χ1n) is 10.5. The molecule has 1 aliphatic rings. The van der Waals surface area contributed by atoms with Gasteiger partial charge in [0.05, 0.1) is 12.3 Å². The molecule has 0 aliphatic heterocycles. The summed E-state index contributed by atoms with van der Waals surface area (Å²) in [6.07, 6.45) is 5.71. The molecule has 0 bridgehead atoms. The SMILES string of the molecule is CCOc1cccn2c(C(=O)C[C@@H](CC(=O)OC(C)(C)C)CC3CC3)c(C)nc12. The van der Waals surface area contributed by atoms with Crippen LogP contribution in [0.1, 0.15) is 76.0 Å². The van der Waals surface area contributed by atoms with Crippen LogP contribution in [-0.2, 0) is 9.53 Å². The number of carbonyl (C=O) groups excluding carboxylic acids is 2. The van der Waals surface area contributed by atoms with E-state index in [1.165, 1.54) is 12.8 Å². The maximum atomic E-state index is 13.2. The third-order valence-electron chi connectivity index (χ3n) is 5.07. The number of rotatable bonds is 9. The fourth-order valence-corrected chi connectivity index (χ4v) is 3.80. The topological polar surface area (TPSA) is 69.9 Å². The standard InChI is InChI=1S/C23H32N2O4/c1-6-28-19-8-7-11-25-21(15(2)24-22(19)25)18(26)13-17(12-16-9-10-16)14-20(27)29-23(3,4)5/h7-8,11,16-17H,6,9-10,12-14H2,1-5H3/t17-/m0/s1. The number of esters is 1. The fraction of sp³-hybridized carbons (Fsp3) is 0.609. The number of fused-ring (bicyclic) bond motifs is 1. The molecule has 29 heavy (non-hydrogen) atoms. The van der Waals surface area contributed by atoms with Gasteiger partial charge in [-0.1, -0.05) is 12.8 Å². The molecule has 1 aliphatic carbocycles. The van der Waals surface area contributed by atoms with Crippen LogP contribution < -0.4 is 4.74 Å². The number of carbonyl (C=O) groups is 2. The molecule has 3 rings (SSSR count). The third-order valence-corrected chi connectivity index (χ3v) is 5.07. The zero-order chi connectivity index (χ0) is 21.2. The number of imidazole rings is 1. The summed E-state index contributed by atoms with van der Waals surface area (Å²) >= 11 is 0. The van der Waals surface area contributed by atoms with Gasteiger partial charge < -0.3 is 9.47 Å². The summed E-state index contributed by atoms with van der Waals surface area (Å²) in [7, 11) is 0. The number of aromatic nitrogens is 2. The molecular weight excluding hydrogens is 368 g/mol. The van der Waals surface area contributed by atoms with Gasteiger partial charge in [0.15, 0.2) is 17.2 Å². The molecule has 158 valence electrons. The monoisotopic (exact) mass is 400 g/mol. The number of hydrogen-bond acceptors (Lipinski definition) is 5. The van der Waals surface area contributed by atoms with Gasteiger partial charge in [0.1, 0.15) is 11.3 Å². The number of ketones is 1. The summed E-state index contributed by atoms with van der Waals surface area (Å²) in [5, 5.41) is 0. The van der Waals surface area contributed by atoms with Gasteiger partial charge in [0.2, 0.25) is 0 Å². The van der Waals surface area contributed by atoms with Crippen LogP contribution in [0.15, 0.2) is 18.3 Å². The Labute approximate surface area is 172 Å². The van der Waals surface area contributed by atoms with Crippen LogP contribution in [0.5, 0.6) is 5.75 Å². The van der Waals surface area contributed by atoms with E-state index in [1.54, 1.807) is 0 Å². The second kappa shape index (κ2) is 8.56. The lowest BCUT2D eigenvalue weighted by molar-refractivity contribution is -0.156. The van der Waals surface area contributed by atoms with Crippen LogP contribution in [0.25, 0.3) is 5.65 Å². The zero-order valence-electron chi connectivity index (χ0n) is 18.2. The Hall–Kier alpha value is -2.37. The van der Waals surface area contributed by atoms with E-state index < -0.39 is 5.60 Å². The average Bonchev–Trinajstić information content (AvgIpc) is 3.33. The van der Waals surface area contributed by atoms with Gasteiger partial charge in [0, 0.05) is 19.0 Å². The summed E-state index contributed by atoms with van der Waals surface area (Å²) < 4.78 is 13.0. The number of pyridine rings is 1. The Bertz CT molecular complexity index is 890. The molecule has 1 fully saturated rings. The van der Waals surface area contributed by atoms with E-state index in [2.05, 4.69) is 4.98 Å². The molecule has 2 aromatic heterocycles. The van der Waals surface area contributed by atoms with Gasteiger partial charge in [-0.25, -0.2) is 4.98 Å². The molecule has 0 spiro atoms. The van der Waals surface area contributed by atoms with Gasteiger partial charge in [0.25, 0.3) is 0 Å². The summed E-state index contributed by atoms with van der Waals surface area (Å²) in [5.41, 5.74) is 1.40. The number of Topliss-reactive ketones (excluding diaryl/α,β-unsaturated/α-hetero) is 1. The van der Waals surface area contributed by atoms with Crippen molar-refractivity contribution in [3.05, 3.63) is 29.7 Å². The van der Waals surface area contributed by atoms with Crippen LogP contribution in [0.3, 0.4) is 0 Å². The van der Waals surface area contributed by atoms with E-state index in [0.29, 0.717) is 41.7 Å². The van der Waals surface area contributed by atoms with E-state index in [1.807, 2.05) is 57.3 Å². The van der Waals surface area contributed by atoms with E-state index in [4.69, 9.17) is 9.47 Å². The molecule has 0 amide bonds. The van der Waals surface area contributed by atoms with E-state index >= 15 is 0 Å². The molecule has 2 heterocycles. The maximum Gasteiger partial charge on any atom is 0.306 e. The van der Waals surface area contributed by atoms with Crippen LogP contribution in [-0.4, -0.2) is 33.3 Å². The molecule has 6 nitrogen and oxygen atoms in total. The fourth-order valence-electron chi connectivity index (χ4n) is 3.80. The molecule has 1 atom stereocenters. The van der Waals surface area contributed by atoms with Crippen molar-refractivity contribution in [1.82, 2.24) is 9.38 Å². The zero-order valence-corrected chi connectivity index (χ0v) is 18.2. The molecule has 1 saturated carbocycles. The van der Waals surface area contributed by atoms with Crippen molar-refractivity contribution < 1.29 is 19.1 Å². The second-order valence-electron chi connectivity index (χ2n) is 9.01. The smallest absolute Gasteiger partial charge is 0.306 e. The highest BCUT2D eigenvalue weighted by molar-refractivity contribution is 5.97. The van der Waals surface area contributed by atoms with Crippen molar-refractivity contribution in [2.75, 3.05) is 6.61 Å². The van der Waals surface area contributed by atoms with Crippen molar-refractivity contribution in [3.63, 3.8) is 0 Å². The van der Waals surface area contributed by atoms with E-state index in [0.717, 1.165) is 6.42 Å². The summed E-state index contributed by atoms with van der Waals surface area (Å²) in [6.45, 7) is 9.90. The number of nitrogens with zero attached hydrogens (tertiary/aromatic N) is 2. The first-order valence-corrected chi connectivity index (χ1v) is 10.5. The van der Waals surface area contributed by atoms with Gasteiger partial charge in [-0.2, -0.15) is 0 Å². The van der Waals surface area contributed by atoms with Crippen molar-refractivity contribution in [3.8, 4) is 5.75 Å². The molecule has 0 saturated heterocycles. The number of aryl methyl sites for hydroxylation is 1. The normalized spacial score (nSPS) is 15.3. The van der Waals surface area contributed by atoms with E-state index in [9.17, 15) is 9.59 Å². The van der Waals surface area contributed by atoms with Gasteiger partial charge in [-0.05, 0) is 65.0 Å². The highest BCUT2D eigenvalue weighted by atomic mass is 16.6.